The van der Waals surface area contributed by atoms with Crippen LogP contribution in [0, 0.1) is 6.92 Å². The van der Waals surface area contributed by atoms with E-state index in [2.05, 4.69) is 20.2 Å². The fourth-order valence-electron chi connectivity index (χ4n) is 4.06. The normalized spacial score (nSPS) is 33.1. The van der Waals surface area contributed by atoms with E-state index in [1.165, 1.54) is 0 Å². The van der Waals surface area contributed by atoms with E-state index in [1.807, 2.05) is 6.92 Å². The van der Waals surface area contributed by atoms with Gasteiger partial charge < -0.3 is 9.64 Å². The SMILES string of the molecule is Cc1nc(CN2C(=O)C[C@H]3[C@H]2CCN3[C@@H]2CCOC2)cs1. The zero-order chi connectivity index (χ0) is 14.4. The lowest BCUT2D eigenvalue weighted by atomic mass is 10.1. The number of aromatic nitrogens is 1. The maximum Gasteiger partial charge on any atom is 0.224 e. The maximum atomic E-state index is 12.4. The zero-order valence-electron chi connectivity index (χ0n) is 12.3. The van der Waals surface area contributed by atoms with Crippen molar-refractivity contribution in [3.63, 3.8) is 0 Å². The van der Waals surface area contributed by atoms with Gasteiger partial charge in [-0.25, -0.2) is 4.98 Å². The molecule has 6 heteroatoms. The Hall–Kier alpha value is -0.980. The maximum absolute atomic E-state index is 12.4. The van der Waals surface area contributed by atoms with Gasteiger partial charge in [-0.1, -0.05) is 0 Å². The van der Waals surface area contributed by atoms with E-state index in [9.17, 15) is 4.79 Å². The van der Waals surface area contributed by atoms with Crippen LogP contribution in [0.3, 0.4) is 0 Å². The monoisotopic (exact) mass is 307 g/mol. The summed E-state index contributed by atoms with van der Waals surface area (Å²) in [4.78, 5) is 21.5. The summed E-state index contributed by atoms with van der Waals surface area (Å²) in [5.74, 6) is 0.291. The molecule has 0 aliphatic carbocycles. The van der Waals surface area contributed by atoms with Gasteiger partial charge in [-0.3, -0.25) is 9.69 Å². The second-order valence-corrected chi connectivity index (χ2v) is 7.32. The van der Waals surface area contributed by atoms with Crippen LogP contribution in [0.2, 0.25) is 0 Å². The molecule has 0 N–H and O–H groups in total. The molecule has 21 heavy (non-hydrogen) atoms. The molecule has 114 valence electrons. The lowest BCUT2D eigenvalue weighted by molar-refractivity contribution is -0.129. The molecule has 0 radical (unpaired) electrons. The van der Waals surface area contributed by atoms with Gasteiger partial charge >= 0.3 is 0 Å². The average Bonchev–Trinajstić information content (AvgIpc) is 3.18. The molecule has 3 aliphatic heterocycles. The number of amides is 1. The molecule has 0 unspecified atom stereocenters. The number of fused-ring (bicyclic) bond motifs is 1. The molecule has 3 atom stereocenters. The number of aryl methyl sites for hydroxylation is 1. The first-order valence-electron chi connectivity index (χ1n) is 7.76. The highest BCUT2D eigenvalue weighted by molar-refractivity contribution is 7.09. The molecule has 3 aliphatic rings. The van der Waals surface area contributed by atoms with Crippen molar-refractivity contribution in [1.82, 2.24) is 14.8 Å². The van der Waals surface area contributed by atoms with Crippen molar-refractivity contribution in [2.75, 3.05) is 19.8 Å². The predicted molar refractivity (Wildman–Crippen MR) is 80.1 cm³/mol. The minimum absolute atomic E-state index is 0.291. The smallest absolute Gasteiger partial charge is 0.224 e. The molecular formula is C15H21N3O2S. The fourth-order valence-corrected chi connectivity index (χ4v) is 4.66. The number of nitrogens with zero attached hydrogens (tertiary/aromatic N) is 3. The number of likely N-dealkylation sites (tertiary alicyclic amines) is 2. The summed E-state index contributed by atoms with van der Waals surface area (Å²) in [5.41, 5.74) is 1.04. The van der Waals surface area contributed by atoms with Crippen LogP contribution < -0.4 is 0 Å². The molecule has 1 aromatic rings. The summed E-state index contributed by atoms with van der Waals surface area (Å²) >= 11 is 1.66. The number of carbonyl (C=O) groups excluding carboxylic acids is 1. The minimum atomic E-state index is 0.291. The van der Waals surface area contributed by atoms with E-state index in [-0.39, 0.29) is 0 Å². The van der Waals surface area contributed by atoms with E-state index in [0.29, 0.717) is 37.0 Å². The van der Waals surface area contributed by atoms with Crippen LogP contribution in [0.25, 0.3) is 0 Å². The molecule has 3 fully saturated rings. The van der Waals surface area contributed by atoms with Crippen molar-refractivity contribution in [3.8, 4) is 0 Å². The Morgan fingerprint density at radius 3 is 3.05 bits per heavy atom. The number of thiazole rings is 1. The molecule has 4 heterocycles. The summed E-state index contributed by atoms with van der Waals surface area (Å²) in [6.45, 7) is 5.50. The highest BCUT2D eigenvalue weighted by atomic mass is 32.1. The lowest BCUT2D eigenvalue weighted by Crippen LogP contribution is -2.42. The Morgan fingerprint density at radius 1 is 1.43 bits per heavy atom. The third-order valence-electron chi connectivity index (χ3n) is 5.03. The molecule has 1 amide bonds. The first-order chi connectivity index (χ1) is 10.2. The minimum Gasteiger partial charge on any atom is -0.380 e. The van der Waals surface area contributed by atoms with Crippen molar-refractivity contribution < 1.29 is 9.53 Å². The van der Waals surface area contributed by atoms with Crippen LogP contribution in [-0.4, -0.2) is 58.6 Å². The third kappa shape index (κ3) is 2.39. The Morgan fingerprint density at radius 2 is 2.33 bits per heavy atom. The Kier molecular flexibility index (Phi) is 3.47. The molecule has 5 nitrogen and oxygen atoms in total. The Labute approximate surface area is 128 Å². The molecule has 3 saturated heterocycles. The topological polar surface area (TPSA) is 45.7 Å². The average molecular weight is 307 g/mol. The standard InChI is InChI=1S/C15H21N3O2S/c1-10-16-11(9-21-10)7-18-13-2-4-17(12-3-5-20-8-12)14(13)6-15(18)19/h9,12-14H,2-8H2,1H3/t12-,13-,14+/m1/s1. The van der Waals surface area contributed by atoms with Crippen LogP contribution in [0.1, 0.15) is 30.0 Å². The van der Waals surface area contributed by atoms with Gasteiger partial charge in [-0.2, -0.15) is 0 Å². The quantitative estimate of drug-likeness (QED) is 0.847. The van der Waals surface area contributed by atoms with E-state index >= 15 is 0 Å². The largest absolute Gasteiger partial charge is 0.380 e. The van der Waals surface area contributed by atoms with E-state index in [0.717, 1.165) is 43.3 Å². The summed E-state index contributed by atoms with van der Waals surface area (Å²) in [5, 5.41) is 3.15. The summed E-state index contributed by atoms with van der Waals surface area (Å²) < 4.78 is 5.52. The van der Waals surface area contributed by atoms with Crippen molar-refractivity contribution >= 4 is 17.2 Å². The van der Waals surface area contributed by atoms with Gasteiger partial charge in [0.2, 0.25) is 5.91 Å². The van der Waals surface area contributed by atoms with Gasteiger partial charge in [0.25, 0.3) is 0 Å². The Bertz CT molecular complexity index is 541. The highest BCUT2D eigenvalue weighted by Crippen LogP contribution is 2.36. The molecule has 0 spiro atoms. The lowest BCUT2D eigenvalue weighted by Gasteiger charge is -2.28. The van der Waals surface area contributed by atoms with Crippen molar-refractivity contribution in [3.05, 3.63) is 16.1 Å². The molecule has 0 aromatic carbocycles. The van der Waals surface area contributed by atoms with Crippen LogP contribution in [0.4, 0.5) is 0 Å². The number of rotatable bonds is 3. The molecule has 0 bridgehead atoms. The van der Waals surface area contributed by atoms with Gasteiger partial charge in [0.05, 0.1) is 23.9 Å². The molecule has 1 aromatic heterocycles. The first-order valence-corrected chi connectivity index (χ1v) is 8.64. The van der Waals surface area contributed by atoms with Crippen LogP contribution in [-0.2, 0) is 16.1 Å². The van der Waals surface area contributed by atoms with Crippen LogP contribution in [0.15, 0.2) is 5.38 Å². The van der Waals surface area contributed by atoms with Crippen LogP contribution >= 0.6 is 11.3 Å². The zero-order valence-corrected chi connectivity index (χ0v) is 13.1. The predicted octanol–water partition coefficient (Wildman–Crippen LogP) is 1.42. The number of carbonyl (C=O) groups is 1. The molecule has 0 saturated carbocycles. The molecule has 4 rings (SSSR count). The number of ether oxygens (including phenoxy) is 1. The van der Waals surface area contributed by atoms with Crippen molar-refractivity contribution in [2.24, 2.45) is 0 Å². The van der Waals surface area contributed by atoms with Gasteiger partial charge in [-0.15, -0.1) is 11.3 Å². The second kappa shape index (κ2) is 5.34. The summed E-state index contributed by atoms with van der Waals surface area (Å²) in [6.07, 6.45) is 2.88. The second-order valence-electron chi connectivity index (χ2n) is 6.26. The van der Waals surface area contributed by atoms with Gasteiger partial charge in [0, 0.05) is 43.1 Å². The van der Waals surface area contributed by atoms with Gasteiger partial charge in [0.15, 0.2) is 0 Å². The van der Waals surface area contributed by atoms with E-state index < -0.39 is 0 Å². The van der Waals surface area contributed by atoms with Crippen LogP contribution in [0.5, 0.6) is 0 Å². The van der Waals surface area contributed by atoms with Crippen molar-refractivity contribution in [1.29, 1.82) is 0 Å². The fraction of sp³-hybridized carbons (Fsp3) is 0.733. The number of hydrogen-bond donors (Lipinski definition) is 0. The van der Waals surface area contributed by atoms with Crippen molar-refractivity contribution in [2.45, 2.75) is 50.9 Å². The Balaban J connectivity index is 1.48. The highest BCUT2D eigenvalue weighted by Gasteiger charge is 2.48. The van der Waals surface area contributed by atoms with Gasteiger partial charge in [-0.05, 0) is 19.8 Å². The third-order valence-corrected chi connectivity index (χ3v) is 5.85. The number of hydrogen-bond acceptors (Lipinski definition) is 5. The van der Waals surface area contributed by atoms with E-state index in [1.54, 1.807) is 11.3 Å². The molecular weight excluding hydrogens is 286 g/mol. The summed E-state index contributed by atoms with van der Waals surface area (Å²) in [7, 11) is 0. The first kappa shape index (κ1) is 13.7. The van der Waals surface area contributed by atoms with Gasteiger partial charge in [0.1, 0.15) is 0 Å². The van der Waals surface area contributed by atoms with E-state index in [4.69, 9.17) is 4.74 Å². The summed E-state index contributed by atoms with van der Waals surface area (Å²) in [6, 6.07) is 1.29.